The Morgan fingerprint density at radius 2 is 1.68 bits per heavy atom. The lowest BCUT2D eigenvalue weighted by Crippen LogP contribution is -2.16. The molecule has 100 valence electrons. The molecule has 2 rings (SSSR count). The fraction of sp³-hybridized carbons (Fsp3) is 0.250. The molecule has 0 radical (unpaired) electrons. The molecule has 2 aromatic rings. The Labute approximate surface area is 113 Å². The standard InChI is InChI=1S/C16H19FN2/c1-3-19(15-8-5-14(17)6-9-15)16-7-4-13(11-18)12(2)10-16/h4-10H,3,11,18H2,1-2H3. The second kappa shape index (κ2) is 5.85. The molecule has 0 unspecified atom stereocenters. The van der Waals surface area contributed by atoms with Crippen molar-refractivity contribution in [1.29, 1.82) is 0 Å². The van der Waals surface area contributed by atoms with Gasteiger partial charge in [0.1, 0.15) is 5.82 Å². The topological polar surface area (TPSA) is 29.3 Å². The van der Waals surface area contributed by atoms with Crippen LogP contribution in [0.2, 0.25) is 0 Å². The normalized spacial score (nSPS) is 10.5. The maximum atomic E-state index is 13.0. The zero-order valence-corrected chi connectivity index (χ0v) is 11.4. The summed E-state index contributed by atoms with van der Waals surface area (Å²) < 4.78 is 13.0. The Kier molecular flexibility index (Phi) is 4.17. The molecular formula is C16H19FN2. The van der Waals surface area contributed by atoms with Crippen LogP contribution in [0.3, 0.4) is 0 Å². The highest BCUT2D eigenvalue weighted by Crippen LogP contribution is 2.27. The molecule has 0 atom stereocenters. The van der Waals surface area contributed by atoms with E-state index in [0.717, 1.165) is 23.5 Å². The van der Waals surface area contributed by atoms with Crippen LogP contribution in [0.25, 0.3) is 0 Å². The number of anilines is 2. The van der Waals surface area contributed by atoms with Crippen LogP contribution >= 0.6 is 0 Å². The van der Waals surface area contributed by atoms with Gasteiger partial charge in [-0.05, 0) is 61.4 Å². The van der Waals surface area contributed by atoms with Gasteiger partial charge in [0.15, 0.2) is 0 Å². The second-order valence-electron chi connectivity index (χ2n) is 4.54. The van der Waals surface area contributed by atoms with Crippen molar-refractivity contribution in [3.05, 3.63) is 59.4 Å². The minimum absolute atomic E-state index is 0.213. The maximum Gasteiger partial charge on any atom is 0.123 e. The van der Waals surface area contributed by atoms with Crippen LogP contribution in [-0.2, 0) is 6.54 Å². The van der Waals surface area contributed by atoms with Crippen molar-refractivity contribution in [2.24, 2.45) is 5.73 Å². The Balaban J connectivity index is 2.36. The number of benzene rings is 2. The van der Waals surface area contributed by atoms with E-state index in [4.69, 9.17) is 5.73 Å². The maximum absolute atomic E-state index is 13.0. The zero-order valence-electron chi connectivity index (χ0n) is 11.4. The molecule has 0 fully saturated rings. The third kappa shape index (κ3) is 2.93. The third-order valence-corrected chi connectivity index (χ3v) is 3.31. The Morgan fingerprint density at radius 1 is 1.05 bits per heavy atom. The molecule has 2 aromatic carbocycles. The number of nitrogens with two attached hydrogens (primary N) is 1. The molecule has 19 heavy (non-hydrogen) atoms. The summed E-state index contributed by atoms with van der Waals surface area (Å²) in [5.41, 5.74) is 10.1. The van der Waals surface area contributed by atoms with E-state index in [1.165, 1.54) is 17.7 Å². The van der Waals surface area contributed by atoms with Gasteiger partial charge in [0, 0.05) is 24.5 Å². The summed E-state index contributed by atoms with van der Waals surface area (Å²) >= 11 is 0. The zero-order chi connectivity index (χ0) is 13.8. The molecule has 0 aliphatic heterocycles. The molecule has 0 saturated heterocycles. The first-order valence-electron chi connectivity index (χ1n) is 6.48. The fourth-order valence-corrected chi connectivity index (χ4v) is 2.21. The van der Waals surface area contributed by atoms with Crippen molar-refractivity contribution < 1.29 is 4.39 Å². The summed E-state index contributed by atoms with van der Waals surface area (Å²) in [6.07, 6.45) is 0. The van der Waals surface area contributed by atoms with Gasteiger partial charge in [-0.1, -0.05) is 6.07 Å². The van der Waals surface area contributed by atoms with Crippen LogP contribution in [0.1, 0.15) is 18.1 Å². The average molecular weight is 258 g/mol. The molecule has 0 aliphatic carbocycles. The van der Waals surface area contributed by atoms with E-state index in [-0.39, 0.29) is 5.82 Å². The van der Waals surface area contributed by atoms with Gasteiger partial charge in [-0.2, -0.15) is 0 Å². The summed E-state index contributed by atoms with van der Waals surface area (Å²) in [6, 6.07) is 12.8. The van der Waals surface area contributed by atoms with E-state index in [0.29, 0.717) is 6.54 Å². The molecule has 2 N–H and O–H groups in total. The van der Waals surface area contributed by atoms with Gasteiger partial charge < -0.3 is 10.6 Å². The molecular weight excluding hydrogens is 239 g/mol. The smallest absolute Gasteiger partial charge is 0.123 e. The van der Waals surface area contributed by atoms with Gasteiger partial charge in [0.2, 0.25) is 0 Å². The van der Waals surface area contributed by atoms with Crippen LogP contribution in [-0.4, -0.2) is 6.54 Å². The van der Waals surface area contributed by atoms with Crippen LogP contribution in [0, 0.1) is 12.7 Å². The summed E-state index contributed by atoms with van der Waals surface area (Å²) in [7, 11) is 0. The largest absolute Gasteiger partial charge is 0.342 e. The predicted octanol–water partition coefficient (Wildman–Crippen LogP) is 3.75. The van der Waals surface area contributed by atoms with Crippen molar-refractivity contribution >= 4 is 11.4 Å². The average Bonchev–Trinajstić information content (AvgIpc) is 2.42. The summed E-state index contributed by atoms with van der Waals surface area (Å²) in [5.74, 6) is -0.213. The molecule has 3 heteroatoms. The van der Waals surface area contributed by atoms with E-state index in [9.17, 15) is 4.39 Å². The first kappa shape index (κ1) is 13.6. The van der Waals surface area contributed by atoms with Crippen LogP contribution < -0.4 is 10.6 Å². The molecule has 0 spiro atoms. The first-order chi connectivity index (χ1) is 9.15. The Hall–Kier alpha value is -1.87. The Bertz CT molecular complexity index is 549. The van der Waals surface area contributed by atoms with Crippen molar-refractivity contribution in [1.82, 2.24) is 0 Å². The molecule has 0 saturated carbocycles. The summed E-state index contributed by atoms with van der Waals surface area (Å²) in [4.78, 5) is 2.15. The molecule has 0 heterocycles. The quantitative estimate of drug-likeness (QED) is 0.905. The van der Waals surface area contributed by atoms with Gasteiger partial charge in [0.05, 0.1) is 0 Å². The fourth-order valence-electron chi connectivity index (χ4n) is 2.21. The second-order valence-corrected chi connectivity index (χ2v) is 4.54. The number of halogens is 1. The monoisotopic (exact) mass is 258 g/mol. The van der Waals surface area contributed by atoms with Crippen molar-refractivity contribution in [2.45, 2.75) is 20.4 Å². The molecule has 0 bridgehead atoms. The highest BCUT2D eigenvalue weighted by Gasteiger charge is 2.08. The number of rotatable bonds is 4. The predicted molar refractivity (Wildman–Crippen MR) is 78.2 cm³/mol. The van der Waals surface area contributed by atoms with Crippen molar-refractivity contribution in [3.8, 4) is 0 Å². The lowest BCUT2D eigenvalue weighted by molar-refractivity contribution is 0.628. The highest BCUT2D eigenvalue weighted by atomic mass is 19.1. The van der Waals surface area contributed by atoms with Gasteiger partial charge in [0.25, 0.3) is 0 Å². The lowest BCUT2D eigenvalue weighted by atomic mass is 10.1. The van der Waals surface area contributed by atoms with Crippen LogP contribution in [0.4, 0.5) is 15.8 Å². The van der Waals surface area contributed by atoms with E-state index < -0.39 is 0 Å². The number of hydrogen-bond donors (Lipinski definition) is 1. The summed E-state index contributed by atoms with van der Waals surface area (Å²) in [6.45, 7) is 5.52. The minimum Gasteiger partial charge on any atom is -0.342 e. The van der Waals surface area contributed by atoms with Crippen LogP contribution in [0.15, 0.2) is 42.5 Å². The molecule has 0 amide bonds. The van der Waals surface area contributed by atoms with E-state index in [2.05, 4.69) is 36.9 Å². The van der Waals surface area contributed by atoms with Crippen LogP contribution in [0.5, 0.6) is 0 Å². The van der Waals surface area contributed by atoms with Gasteiger partial charge in [-0.25, -0.2) is 4.39 Å². The lowest BCUT2D eigenvalue weighted by Gasteiger charge is -2.24. The third-order valence-electron chi connectivity index (χ3n) is 3.31. The number of aryl methyl sites for hydroxylation is 1. The minimum atomic E-state index is -0.213. The van der Waals surface area contributed by atoms with E-state index >= 15 is 0 Å². The Morgan fingerprint density at radius 3 is 2.21 bits per heavy atom. The highest BCUT2D eigenvalue weighted by molar-refractivity contribution is 5.64. The summed E-state index contributed by atoms with van der Waals surface area (Å²) in [5, 5.41) is 0. The SMILES string of the molecule is CCN(c1ccc(F)cc1)c1ccc(CN)c(C)c1. The number of hydrogen-bond acceptors (Lipinski definition) is 2. The first-order valence-corrected chi connectivity index (χ1v) is 6.48. The van der Waals surface area contributed by atoms with Gasteiger partial charge in [-0.15, -0.1) is 0 Å². The van der Waals surface area contributed by atoms with Gasteiger partial charge >= 0.3 is 0 Å². The molecule has 0 aromatic heterocycles. The number of nitrogens with zero attached hydrogens (tertiary/aromatic N) is 1. The molecule has 0 aliphatic rings. The van der Waals surface area contributed by atoms with Crippen molar-refractivity contribution in [2.75, 3.05) is 11.4 Å². The van der Waals surface area contributed by atoms with Gasteiger partial charge in [-0.3, -0.25) is 0 Å². The van der Waals surface area contributed by atoms with Crippen molar-refractivity contribution in [3.63, 3.8) is 0 Å². The van der Waals surface area contributed by atoms with E-state index in [1.807, 2.05) is 0 Å². The molecule has 2 nitrogen and oxygen atoms in total. The van der Waals surface area contributed by atoms with E-state index in [1.54, 1.807) is 12.1 Å².